The van der Waals surface area contributed by atoms with Gasteiger partial charge in [0.15, 0.2) is 0 Å². The number of carbonyl (C=O) groups excluding carboxylic acids is 1. The number of amides is 1. The fourth-order valence-electron chi connectivity index (χ4n) is 1.75. The van der Waals surface area contributed by atoms with Gasteiger partial charge in [-0.3, -0.25) is 9.89 Å². The molecule has 0 saturated heterocycles. The third-order valence-electron chi connectivity index (χ3n) is 2.74. The Morgan fingerprint density at radius 3 is 2.79 bits per heavy atom. The predicted octanol–water partition coefficient (Wildman–Crippen LogP) is 3.11. The smallest absolute Gasteiger partial charge is 0.228 e. The fraction of sp³-hybridized carbons (Fsp3) is 0.231. The molecule has 1 heterocycles. The Balaban J connectivity index is 2.07. The summed E-state index contributed by atoms with van der Waals surface area (Å²) >= 11 is 3.10. The van der Waals surface area contributed by atoms with E-state index in [0.717, 1.165) is 17.0 Å². The standard InChI is InChI=1S/C13H13BrFN3O/c1-7-13(8(2)18-17-7)16-12(19)6-9-3-4-11(15)10(14)5-9/h3-5H,6H2,1-2H3,(H,16,19)(H,17,18). The van der Waals surface area contributed by atoms with Gasteiger partial charge in [-0.15, -0.1) is 0 Å². The molecule has 0 aliphatic heterocycles. The summed E-state index contributed by atoms with van der Waals surface area (Å²) in [6.45, 7) is 3.65. The van der Waals surface area contributed by atoms with Crippen LogP contribution in [0, 0.1) is 19.7 Å². The number of hydrogen-bond donors (Lipinski definition) is 2. The second-order valence-corrected chi connectivity index (χ2v) is 5.14. The van der Waals surface area contributed by atoms with Crippen molar-refractivity contribution in [3.63, 3.8) is 0 Å². The van der Waals surface area contributed by atoms with E-state index in [2.05, 4.69) is 31.4 Å². The van der Waals surface area contributed by atoms with Gasteiger partial charge in [-0.05, 0) is 47.5 Å². The summed E-state index contributed by atoms with van der Waals surface area (Å²) in [6.07, 6.45) is 0.183. The summed E-state index contributed by atoms with van der Waals surface area (Å²) in [5.41, 5.74) is 2.99. The molecule has 0 unspecified atom stereocenters. The van der Waals surface area contributed by atoms with Crippen molar-refractivity contribution in [2.75, 3.05) is 5.32 Å². The van der Waals surface area contributed by atoms with Crippen LogP contribution in [-0.4, -0.2) is 16.1 Å². The number of nitrogens with one attached hydrogen (secondary N) is 2. The van der Waals surface area contributed by atoms with Gasteiger partial charge in [0, 0.05) is 0 Å². The molecule has 1 aromatic carbocycles. The lowest BCUT2D eigenvalue weighted by atomic mass is 10.1. The van der Waals surface area contributed by atoms with Crippen LogP contribution in [0.1, 0.15) is 17.0 Å². The monoisotopic (exact) mass is 325 g/mol. The fourth-order valence-corrected chi connectivity index (χ4v) is 2.18. The van der Waals surface area contributed by atoms with Crippen LogP contribution in [-0.2, 0) is 11.2 Å². The Kier molecular flexibility index (Phi) is 3.99. The van der Waals surface area contributed by atoms with E-state index < -0.39 is 0 Å². The lowest BCUT2D eigenvalue weighted by molar-refractivity contribution is -0.115. The topological polar surface area (TPSA) is 57.8 Å². The lowest BCUT2D eigenvalue weighted by Gasteiger charge is -2.06. The van der Waals surface area contributed by atoms with Gasteiger partial charge in [-0.1, -0.05) is 6.07 Å². The molecule has 2 rings (SSSR count). The summed E-state index contributed by atoms with van der Waals surface area (Å²) in [4.78, 5) is 11.9. The summed E-state index contributed by atoms with van der Waals surface area (Å²) in [5, 5.41) is 9.61. The number of nitrogens with zero attached hydrogens (tertiary/aromatic N) is 1. The Hall–Kier alpha value is -1.69. The summed E-state index contributed by atoms with van der Waals surface area (Å²) < 4.78 is 13.4. The Morgan fingerprint density at radius 2 is 2.21 bits per heavy atom. The number of halogens is 2. The van der Waals surface area contributed by atoms with Crippen LogP contribution in [0.25, 0.3) is 0 Å². The van der Waals surface area contributed by atoms with Gasteiger partial charge in [-0.2, -0.15) is 5.10 Å². The average molecular weight is 326 g/mol. The summed E-state index contributed by atoms with van der Waals surface area (Å²) in [5.74, 6) is -0.503. The molecule has 1 amide bonds. The van der Waals surface area contributed by atoms with E-state index in [4.69, 9.17) is 0 Å². The first-order chi connectivity index (χ1) is 8.97. The maximum atomic E-state index is 13.1. The van der Waals surface area contributed by atoms with Crippen molar-refractivity contribution in [3.05, 3.63) is 45.4 Å². The predicted molar refractivity (Wildman–Crippen MR) is 74.5 cm³/mol. The molecule has 1 aromatic heterocycles. The molecule has 4 nitrogen and oxygen atoms in total. The van der Waals surface area contributed by atoms with E-state index in [0.29, 0.717) is 10.2 Å². The van der Waals surface area contributed by atoms with Crippen molar-refractivity contribution >= 4 is 27.5 Å². The van der Waals surface area contributed by atoms with Crippen molar-refractivity contribution in [2.24, 2.45) is 0 Å². The minimum atomic E-state index is -0.342. The van der Waals surface area contributed by atoms with Gasteiger partial charge >= 0.3 is 0 Å². The molecule has 19 heavy (non-hydrogen) atoms. The molecule has 0 spiro atoms. The van der Waals surface area contributed by atoms with Crippen LogP contribution >= 0.6 is 15.9 Å². The Bertz CT molecular complexity index is 605. The van der Waals surface area contributed by atoms with Crippen LogP contribution in [0.5, 0.6) is 0 Å². The molecular weight excluding hydrogens is 313 g/mol. The van der Waals surface area contributed by atoms with Crippen molar-refractivity contribution in [1.29, 1.82) is 0 Å². The van der Waals surface area contributed by atoms with Crippen molar-refractivity contribution in [2.45, 2.75) is 20.3 Å². The minimum Gasteiger partial charge on any atom is -0.323 e. The van der Waals surface area contributed by atoms with Crippen LogP contribution in [0.3, 0.4) is 0 Å². The van der Waals surface area contributed by atoms with Gasteiger partial charge in [-0.25, -0.2) is 4.39 Å². The normalized spacial score (nSPS) is 10.5. The van der Waals surface area contributed by atoms with E-state index in [1.54, 1.807) is 12.1 Å². The second-order valence-electron chi connectivity index (χ2n) is 4.28. The molecule has 0 fully saturated rings. The van der Waals surface area contributed by atoms with E-state index in [9.17, 15) is 9.18 Å². The van der Waals surface area contributed by atoms with Gasteiger partial charge in [0.05, 0.1) is 28.0 Å². The van der Waals surface area contributed by atoms with Crippen molar-refractivity contribution in [3.8, 4) is 0 Å². The number of carbonyl (C=O) groups is 1. The summed E-state index contributed by atoms with van der Waals surface area (Å²) in [6, 6.07) is 4.53. The molecule has 0 radical (unpaired) electrons. The molecular formula is C13H13BrFN3O. The molecule has 0 aliphatic carbocycles. The molecule has 2 aromatic rings. The largest absolute Gasteiger partial charge is 0.323 e. The van der Waals surface area contributed by atoms with Crippen molar-refractivity contribution in [1.82, 2.24) is 10.2 Å². The number of aryl methyl sites for hydroxylation is 2. The minimum absolute atomic E-state index is 0.161. The number of benzene rings is 1. The molecule has 6 heteroatoms. The highest BCUT2D eigenvalue weighted by atomic mass is 79.9. The number of H-pyrrole nitrogens is 1. The number of anilines is 1. The van der Waals surface area contributed by atoms with Crippen LogP contribution in [0.2, 0.25) is 0 Å². The molecule has 0 saturated carbocycles. The number of rotatable bonds is 3. The third kappa shape index (κ3) is 3.20. The van der Waals surface area contributed by atoms with Gasteiger partial charge in [0.2, 0.25) is 5.91 Å². The zero-order valence-corrected chi connectivity index (χ0v) is 12.1. The molecule has 2 N–H and O–H groups in total. The highest BCUT2D eigenvalue weighted by molar-refractivity contribution is 9.10. The highest BCUT2D eigenvalue weighted by Crippen LogP contribution is 2.19. The average Bonchev–Trinajstić information content (AvgIpc) is 2.66. The first-order valence-electron chi connectivity index (χ1n) is 5.72. The van der Waals surface area contributed by atoms with Gasteiger partial charge < -0.3 is 5.32 Å². The zero-order valence-electron chi connectivity index (χ0n) is 10.6. The van der Waals surface area contributed by atoms with E-state index in [1.807, 2.05) is 13.8 Å². The first kappa shape index (κ1) is 13.7. The first-order valence-corrected chi connectivity index (χ1v) is 6.52. The van der Waals surface area contributed by atoms with E-state index in [1.165, 1.54) is 6.07 Å². The molecule has 0 bridgehead atoms. The van der Waals surface area contributed by atoms with Crippen molar-refractivity contribution < 1.29 is 9.18 Å². The Morgan fingerprint density at radius 1 is 1.47 bits per heavy atom. The van der Waals surface area contributed by atoms with E-state index in [-0.39, 0.29) is 18.1 Å². The van der Waals surface area contributed by atoms with Gasteiger partial charge in [0.1, 0.15) is 5.82 Å². The SMILES string of the molecule is Cc1n[nH]c(C)c1NC(=O)Cc1ccc(F)c(Br)c1. The zero-order chi connectivity index (χ0) is 14.0. The number of aromatic nitrogens is 2. The molecule has 0 aliphatic rings. The molecule has 0 atom stereocenters. The summed E-state index contributed by atoms with van der Waals surface area (Å²) in [7, 11) is 0. The second kappa shape index (κ2) is 5.52. The van der Waals surface area contributed by atoms with E-state index >= 15 is 0 Å². The highest BCUT2D eigenvalue weighted by Gasteiger charge is 2.11. The van der Waals surface area contributed by atoms with Crippen LogP contribution < -0.4 is 5.32 Å². The third-order valence-corrected chi connectivity index (χ3v) is 3.35. The van der Waals surface area contributed by atoms with Gasteiger partial charge in [0.25, 0.3) is 0 Å². The lowest BCUT2D eigenvalue weighted by Crippen LogP contribution is -2.15. The van der Waals surface area contributed by atoms with Crippen LogP contribution in [0.15, 0.2) is 22.7 Å². The number of hydrogen-bond acceptors (Lipinski definition) is 2. The number of aromatic amines is 1. The van der Waals surface area contributed by atoms with Crippen LogP contribution in [0.4, 0.5) is 10.1 Å². The maximum absolute atomic E-state index is 13.1. The quantitative estimate of drug-likeness (QED) is 0.910. The molecule has 100 valence electrons. The Labute approximate surface area is 118 Å². The maximum Gasteiger partial charge on any atom is 0.228 e.